The van der Waals surface area contributed by atoms with Gasteiger partial charge in [0, 0.05) is 21.9 Å². The summed E-state index contributed by atoms with van der Waals surface area (Å²) in [7, 11) is 1.59. The van der Waals surface area contributed by atoms with Crippen molar-refractivity contribution in [3.8, 4) is 0 Å². The Kier molecular flexibility index (Phi) is 10.9. The molecule has 0 bridgehead atoms. The van der Waals surface area contributed by atoms with Gasteiger partial charge >= 0.3 is 0 Å². The van der Waals surface area contributed by atoms with Crippen molar-refractivity contribution in [2.45, 2.75) is 96.7 Å². The van der Waals surface area contributed by atoms with Crippen molar-refractivity contribution in [3.63, 3.8) is 0 Å². The second-order valence-electron chi connectivity index (χ2n) is 5.04. The molecule has 2 heteroatoms. The van der Waals surface area contributed by atoms with Crippen LogP contribution in [0.1, 0.15) is 105 Å². The van der Waals surface area contributed by atoms with E-state index in [0.717, 1.165) is 32.1 Å². The van der Waals surface area contributed by atoms with Crippen LogP contribution in [0.15, 0.2) is 0 Å². The summed E-state index contributed by atoms with van der Waals surface area (Å²) in [4.78, 5) is 0. The lowest BCUT2D eigenvalue weighted by Crippen LogP contribution is -1.98. The third-order valence-electron chi connectivity index (χ3n) is 3.00. The zero-order valence-corrected chi connectivity index (χ0v) is 13.5. The van der Waals surface area contributed by atoms with Crippen molar-refractivity contribution < 1.29 is 17.7 Å². The number of hydrogen-bond acceptors (Lipinski definition) is 2. The van der Waals surface area contributed by atoms with E-state index in [0.29, 0.717) is 39.1 Å². The molecule has 0 aliphatic carbocycles. The van der Waals surface area contributed by atoms with Gasteiger partial charge in [-0.2, -0.15) is 0 Å². The molecule has 0 aromatic heterocycles. The molecule has 0 amide bonds. The molecule has 122 valence electrons. The Hall–Kier alpha value is -0.0800. The van der Waals surface area contributed by atoms with Crippen LogP contribution in [0.3, 0.4) is 0 Å². The van der Waals surface area contributed by atoms with Gasteiger partial charge in [0.05, 0.1) is 0 Å². The maximum Gasteiger partial charge on any atom is 0.146 e. The largest absolute Gasteiger partial charge is 0.359 e. The van der Waals surface area contributed by atoms with Crippen LogP contribution in [-0.2, 0) is 9.47 Å². The van der Waals surface area contributed by atoms with Gasteiger partial charge < -0.3 is 9.47 Å². The van der Waals surface area contributed by atoms with E-state index < -0.39 is 19.1 Å². The monoisotopic (exact) mass is 292 g/mol. The molecule has 0 unspecified atom stereocenters. The Morgan fingerprint density at radius 1 is 0.700 bits per heavy atom. The molecule has 2 nitrogen and oxygen atoms in total. The highest BCUT2D eigenvalue weighted by Gasteiger charge is 1.94. The molecule has 0 atom stereocenters. The van der Waals surface area contributed by atoms with Crippen LogP contribution < -0.4 is 0 Å². The minimum Gasteiger partial charge on any atom is -0.359 e. The van der Waals surface area contributed by atoms with Gasteiger partial charge in [-0.05, 0) is 6.42 Å². The van der Waals surface area contributed by atoms with Gasteiger partial charge in [-0.25, -0.2) is 0 Å². The van der Waals surface area contributed by atoms with Gasteiger partial charge in [-0.3, -0.25) is 0 Å². The second-order valence-corrected chi connectivity index (χ2v) is 5.04. The molecule has 0 aliphatic heterocycles. The van der Waals surface area contributed by atoms with Crippen molar-refractivity contribution in [2.24, 2.45) is 0 Å². The number of rotatable bonds is 17. The lowest BCUT2D eigenvalue weighted by molar-refractivity contribution is -0.0315. The third kappa shape index (κ3) is 17.9. The highest BCUT2D eigenvalue weighted by Crippen LogP contribution is 2.12. The van der Waals surface area contributed by atoms with Crippen molar-refractivity contribution in [1.82, 2.24) is 0 Å². The van der Waals surface area contributed by atoms with E-state index >= 15 is 0 Å². The average Bonchev–Trinajstić information content (AvgIpc) is 2.52. The first kappa shape index (κ1) is 11.5. The van der Waals surface area contributed by atoms with E-state index in [1.807, 2.05) is 6.92 Å². The fraction of sp³-hybridized carbons (Fsp3) is 1.00. The SMILES string of the molecule is [2H]C([2H])(CCC)CCCC([2H])([2H])C([2H])([2H])CCCCCCCOCOC. The summed E-state index contributed by atoms with van der Waals surface area (Å²) in [5.41, 5.74) is 0. The number of methoxy groups -OCH3 is 1. The number of unbranched alkanes of at least 4 members (excludes halogenated alkanes) is 4. The maximum absolute atomic E-state index is 8.10. The zero-order chi connectivity index (χ0) is 20.1. The molecular formula is C18H38O2. The van der Waals surface area contributed by atoms with E-state index in [1.54, 1.807) is 7.11 Å². The van der Waals surface area contributed by atoms with Crippen molar-refractivity contribution in [1.29, 1.82) is 0 Å². The second kappa shape index (κ2) is 18.9. The Labute approximate surface area is 136 Å². The molecular weight excluding hydrogens is 248 g/mol. The predicted molar refractivity (Wildman–Crippen MR) is 88.1 cm³/mol. The quantitative estimate of drug-likeness (QED) is 0.238. The molecule has 0 aliphatic rings. The lowest BCUT2D eigenvalue weighted by Gasteiger charge is -2.04. The first-order valence-electron chi connectivity index (χ1n) is 11.1. The highest BCUT2D eigenvalue weighted by atomic mass is 16.7. The molecule has 0 N–H and O–H groups in total. The maximum atomic E-state index is 8.10. The van der Waals surface area contributed by atoms with Gasteiger partial charge in [-0.1, -0.05) is 90.3 Å². The van der Waals surface area contributed by atoms with Gasteiger partial charge in [0.25, 0.3) is 0 Å². The molecule has 0 aromatic rings. The standard InChI is InChI=1S/C18H38O2/c1-3-4-5-6-7-8-9-10-11-12-13-14-15-16-17-20-18-19-2/h3-18H2,1-2H3/i5D2,9D2,10D2. The molecule has 0 saturated heterocycles. The van der Waals surface area contributed by atoms with Crippen LogP contribution >= 0.6 is 0 Å². The first-order chi connectivity index (χ1) is 12.1. The molecule has 0 aromatic carbocycles. The third-order valence-corrected chi connectivity index (χ3v) is 3.00. The molecule has 0 spiro atoms. The van der Waals surface area contributed by atoms with Crippen LogP contribution in [0, 0.1) is 0 Å². The molecule has 0 saturated carbocycles. The Bertz CT molecular complexity index is 351. The Balaban J connectivity index is 3.99. The summed E-state index contributed by atoms with van der Waals surface area (Å²) in [6.45, 7) is 2.92. The normalized spacial score (nSPS) is 17.7. The molecule has 0 fully saturated rings. The van der Waals surface area contributed by atoms with Crippen molar-refractivity contribution in [3.05, 3.63) is 0 Å². The smallest absolute Gasteiger partial charge is 0.146 e. The van der Waals surface area contributed by atoms with Crippen LogP contribution in [-0.4, -0.2) is 20.5 Å². The van der Waals surface area contributed by atoms with E-state index in [9.17, 15) is 0 Å². The molecule has 0 radical (unpaired) electrons. The van der Waals surface area contributed by atoms with Crippen LogP contribution in [0.4, 0.5) is 0 Å². The van der Waals surface area contributed by atoms with Gasteiger partial charge in [-0.15, -0.1) is 0 Å². The summed E-state index contributed by atoms with van der Waals surface area (Å²) < 4.78 is 58.1. The van der Waals surface area contributed by atoms with Gasteiger partial charge in [0.2, 0.25) is 0 Å². The summed E-state index contributed by atoms with van der Waals surface area (Å²) in [5, 5.41) is 0. The van der Waals surface area contributed by atoms with E-state index in [4.69, 9.17) is 17.7 Å². The first-order valence-corrected chi connectivity index (χ1v) is 8.15. The summed E-state index contributed by atoms with van der Waals surface area (Å²) >= 11 is 0. The summed E-state index contributed by atoms with van der Waals surface area (Å²) in [5.74, 6) is 0. The number of ether oxygens (including phenoxy) is 2. The van der Waals surface area contributed by atoms with E-state index in [-0.39, 0.29) is 12.8 Å². The number of hydrogen-bond donors (Lipinski definition) is 0. The molecule has 0 rings (SSSR count). The van der Waals surface area contributed by atoms with E-state index in [2.05, 4.69) is 0 Å². The van der Waals surface area contributed by atoms with E-state index in [1.165, 1.54) is 0 Å². The zero-order valence-electron chi connectivity index (χ0n) is 19.5. The van der Waals surface area contributed by atoms with Crippen molar-refractivity contribution in [2.75, 3.05) is 20.5 Å². The summed E-state index contributed by atoms with van der Waals surface area (Å²) in [6, 6.07) is 0. The minimum absolute atomic E-state index is 0.0695. The van der Waals surface area contributed by atoms with Gasteiger partial charge in [0.1, 0.15) is 6.79 Å². The highest BCUT2D eigenvalue weighted by molar-refractivity contribution is 4.49. The van der Waals surface area contributed by atoms with Crippen LogP contribution in [0.2, 0.25) is 0 Å². The minimum atomic E-state index is -1.91. The fourth-order valence-electron chi connectivity index (χ4n) is 1.87. The Morgan fingerprint density at radius 3 is 1.90 bits per heavy atom. The van der Waals surface area contributed by atoms with Crippen LogP contribution in [0.5, 0.6) is 0 Å². The summed E-state index contributed by atoms with van der Waals surface area (Å²) in [6.07, 6.45) is 1.65. The topological polar surface area (TPSA) is 18.5 Å². The fourth-order valence-corrected chi connectivity index (χ4v) is 1.87. The molecule has 0 heterocycles. The average molecular weight is 293 g/mol. The predicted octanol–water partition coefficient (Wildman–Crippen LogP) is 6.09. The van der Waals surface area contributed by atoms with Crippen molar-refractivity contribution >= 4 is 0 Å². The lowest BCUT2D eigenvalue weighted by atomic mass is 10.0. The van der Waals surface area contributed by atoms with Crippen LogP contribution in [0.25, 0.3) is 0 Å². The Morgan fingerprint density at radius 2 is 1.25 bits per heavy atom. The van der Waals surface area contributed by atoms with Gasteiger partial charge in [0.15, 0.2) is 0 Å². The molecule has 20 heavy (non-hydrogen) atoms.